The fourth-order valence-corrected chi connectivity index (χ4v) is 18.1. The van der Waals surface area contributed by atoms with E-state index in [4.69, 9.17) is 4.74 Å². The first kappa shape index (κ1) is 103. The molecule has 5 aromatic carbocycles. The van der Waals surface area contributed by atoms with Crippen LogP contribution in [-0.2, 0) is 90.1 Å². The number of sulfonamides is 1. The summed E-state index contributed by atoms with van der Waals surface area (Å²) in [4.78, 5) is 137. The molecule has 0 saturated carbocycles. The number of rotatable bonds is 47. The van der Waals surface area contributed by atoms with Gasteiger partial charge in [-0.3, -0.25) is 47.7 Å². The SMILES string of the molecule is CC(C)CC(NC(=O)C(Cc1ccccc1)NC(=O)CNC(=O)C(C)(C)C(C)(C(=O)NCC(=O)NCC(=O)NC1C(O)OC(O)C(O)C1O)C(C)(C)C(=O)NCC(C)O)C(=O)NCC(=O)NC(CCCCNS(=O)(=O)CCCC[N+]1=C(/C=C/C=C/C=C/C=C/C2=[N+](CCCCS(=O)(=O)O)c3c(ccc4ccccc34)C2(C)C)C(C)(C)c2ccc3ccccc3c21)C(=O)O. The Bertz CT molecular complexity index is 5320. The maximum atomic E-state index is 14.6. The van der Waals surface area contributed by atoms with Gasteiger partial charge in [-0.15, -0.1) is 0 Å². The molecule has 9 amide bonds. The van der Waals surface area contributed by atoms with Gasteiger partial charge in [-0.25, -0.2) is 17.9 Å². The standard InChI is InChI=1S/C92H124N12O22S2/c1-57(2)50-67(101-81(113)68(51-59-32-18-17-19-33-59)100-73(108)56-96-86(119)91(10,11)92(12,90(8,9)85(118)95-52-58(3)105)87(120)97-53-71(106)93-54-74(109)102-75-78(110)79(111)84(117)126-83(75)116)80(112)94-55-72(107)99-66(82(114)115)38-26-27-45-98-127(121,122)48-30-28-46-103-69(88(4,5)64-43-41-60-34-22-24-36-62(60)76(64)103)39-20-15-13-14-16-21-40-70-89(6,7)65-44-42-61-35-23-25-37-63(61)77(65)104(70)47-29-31-49-128(123,124)125/h13-25,32-37,39-44,57-58,66-68,75,78-79,83-84,98,105,110-111,116-117H,26-31,38,45-56H2,1-12H3,(H9-2,93,94,95,96,97,99,100,101,102,106,107,108,109,112,113,114,115,118,119,120,123,124,125)/p+2/b15-13+,16-14+,39-20+,40-21+. The fraction of sp³-hybridized carbons (Fsp3) is 0.500. The van der Waals surface area contributed by atoms with E-state index in [1.807, 2.05) is 60.7 Å². The van der Waals surface area contributed by atoms with Gasteiger partial charge in [0.1, 0.15) is 49.5 Å². The lowest BCUT2D eigenvalue weighted by molar-refractivity contribution is -0.436. The molecule has 3 aliphatic rings. The summed E-state index contributed by atoms with van der Waals surface area (Å²) in [7, 11) is -7.89. The molecule has 1 fully saturated rings. The number of allylic oxidation sites excluding steroid dienone is 8. The summed E-state index contributed by atoms with van der Waals surface area (Å²) in [5.41, 5.74) is 0.295. The zero-order valence-corrected chi connectivity index (χ0v) is 76.2. The zero-order chi connectivity index (χ0) is 94.4. The van der Waals surface area contributed by atoms with Gasteiger partial charge in [-0.05, 0) is 142 Å². The number of unbranched alkanes of at least 4 members (excludes halogenated alkanes) is 3. The number of aliphatic hydroxyl groups excluding tert-OH is 5. The minimum absolute atomic E-state index is 0.0123. The molecule has 10 atom stereocenters. The Balaban J connectivity index is 0.825. The monoisotopic (exact) mass is 1810 g/mol. The Morgan fingerprint density at radius 2 is 0.992 bits per heavy atom. The molecule has 128 heavy (non-hydrogen) atoms. The topological polar surface area (TPSA) is 516 Å². The van der Waals surface area contributed by atoms with E-state index in [1.165, 1.54) is 47.1 Å². The predicted molar refractivity (Wildman–Crippen MR) is 483 cm³/mol. The Morgan fingerprint density at radius 1 is 0.508 bits per heavy atom. The fourth-order valence-electron chi connectivity index (χ4n) is 16.3. The van der Waals surface area contributed by atoms with Crippen LogP contribution in [0.3, 0.4) is 0 Å². The second-order valence-electron chi connectivity index (χ2n) is 35.3. The number of aliphatic hydroxyl groups is 5. The third-order valence-corrected chi connectivity index (χ3v) is 26.4. The van der Waals surface area contributed by atoms with Crippen molar-refractivity contribution in [3.8, 4) is 0 Å². The minimum Gasteiger partial charge on any atom is -0.480 e. The van der Waals surface area contributed by atoms with E-state index < -0.39 is 182 Å². The summed E-state index contributed by atoms with van der Waals surface area (Å²) in [5.74, 6) is -10.5. The highest BCUT2D eigenvalue weighted by Gasteiger charge is 2.63. The maximum Gasteiger partial charge on any atom is 0.326 e. The minimum atomic E-state index is -4.09. The van der Waals surface area contributed by atoms with Gasteiger partial charge in [0.25, 0.3) is 10.1 Å². The molecule has 0 bridgehead atoms. The normalized spacial score (nSPS) is 19.0. The number of ether oxygens (including phenoxy) is 1. The molecule has 0 aromatic heterocycles. The number of nitrogens with one attached hydrogen (secondary N) is 10. The van der Waals surface area contributed by atoms with E-state index in [9.17, 15) is 100.0 Å². The van der Waals surface area contributed by atoms with Crippen LogP contribution in [0, 0.1) is 22.2 Å². The summed E-state index contributed by atoms with van der Waals surface area (Å²) in [6.45, 7) is 17.7. The van der Waals surface area contributed by atoms with Crippen LogP contribution in [0.25, 0.3) is 21.5 Å². The van der Waals surface area contributed by atoms with E-state index in [0.29, 0.717) is 44.3 Å². The van der Waals surface area contributed by atoms with Crippen LogP contribution in [-0.4, -0.2) is 251 Å². The first-order valence-electron chi connectivity index (χ1n) is 43.0. The van der Waals surface area contributed by atoms with Gasteiger partial charge in [0.05, 0.1) is 81.6 Å². The van der Waals surface area contributed by atoms with Gasteiger partial charge in [0, 0.05) is 55.6 Å². The molecule has 8 rings (SSSR count). The number of aliphatic carboxylic acids is 1. The summed E-state index contributed by atoms with van der Waals surface area (Å²) >= 11 is 0. The number of benzene rings is 5. The van der Waals surface area contributed by atoms with E-state index in [2.05, 4.69) is 150 Å². The van der Waals surface area contributed by atoms with Crippen molar-refractivity contribution in [2.24, 2.45) is 22.2 Å². The smallest absolute Gasteiger partial charge is 0.326 e. The zero-order valence-electron chi connectivity index (χ0n) is 74.6. The van der Waals surface area contributed by atoms with E-state index in [-0.39, 0.29) is 68.0 Å². The number of hydrogen-bond acceptors (Lipinski definition) is 20. The van der Waals surface area contributed by atoms with Gasteiger partial charge in [-0.1, -0.05) is 141 Å². The van der Waals surface area contributed by atoms with Crippen LogP contribution in [0.1, 0.15) is 151 Å². The van der Waals surface area contributed by atoms with Gasteiger partial charge in [-0.2, -0.15) is 17.6 Å². The Labute approximate surface area is 747 Å². The van der Waals surface area contributed by atoms with Crippen molar-refractivity contribution in [2.75, 3.05) is 63.9 Å². The van der Waals surface area contributed by atoms with Crippen LogP contribution in [0.5, 0.6) is 0 Å². The van der Waals surface area contributed by atoms with Crippen LogP contribution < -0.4 is 52.6 Å². The predicted octanol–water partition coefficient (Wildman–Crippen LogP) is 3.93. The lowest BCUT2D eigenvalue weighted by atomic mass is 9.52. The van der Waals surface area contributed by atoms with Gasteiger partial charge in [0.15, 0.2) is 24.0 Å². The average Bonchev–Trinajstić information content (AvgIpc) is 1.11. The molecule has 0 aliphatic carbocycles. The number of amides is 9. The Hall–Kier alpha value is -10.8. The number of nitrogens with zero attached hydrogens (tertiary/aromatic N) is 2. The molecule has 10 unspecified atom stereocenters. The van der Waals surface area contributed by atoms with E-state index in [1.54, 1.807) is 44.2 Å². The molecule has 36 heteroatoms. The van der Waals surface area contributed by atoms with Crippen molar-refractivity contribution in [1.29, 1.82) is 0 Å². The number of carboxylic acid groups (broad SMARTS) is 1. The molecule has 0 radical (unpaired) electrons. The largest absolute Gasteiger partial charge is 0.480 e. The number of fused-ring (bicyclic) bond motifs is 6. The van der Waals surface area contributed by atoms with Crippen LogP contribution in [0.4, 0.5) is 11.4 Å². The molecule has 3 heterocycles. The van der Waals surface area contributed by atoms with Gasteiger partial charge < -0.3 is 83.2 Å². The van der Waals surface area contributed by atoms with Crippen molar-refractivity contribution in [3.05, 3.63) is 168 Å². The Morgan fingerprint density at radius 3 is 1.52 bits per heavy atom. The third kappa shape index (κ3) is 26.5. The molecule has 5 aromatic rings. The highest BCUT2D eigenvalue weighted by atomic mass is 32.2. The summed E-state index contributed by atoms with van der Waals surface area (Å²) < 4.78 is 71.5. The molecule has 34 nitrogen and oxygen atoms in total. The van der Waals surface area contributed by atoms with Crippen LogP contribution in [0.15, 0.2) is 152 Å². The van der Waals surface area contributed by atoms with Crippen molar-refractivity contribution >= 4 is 124 Å². The number of hydrogen-bond donors (Lipinski definition) is 17. The number of carboxylic acids is 1. The number of carbonyl (C=O) groups is 10. The highest BCUT2D eigenvalue weighted by Crippen LogP contribution is 2.53. The second-order valence-corrected chi connectivity index (χ2v) is 38.8. The van der Waals surface area contributed by atoms with Crippen molar-refractivity contribution < 1.29 is 114 Å². The molecule has 17 N–H and O–H groups in total. The molecule has 696 valence electrons. The van der Waals surface area contributed by atoms with E-state index >= 15 is 0 Å². The first-order valence-corrected chi connectivity index (χ1v) is 46.3. The third-order valence-electron chi connectivity index (χ3n) is 24.1. The summed E-state index contributed by atoms with van der Waals surface area (Å²) in [6, 6.07) is 27.5. The molecule has 0 spiro atoms. The molecular weight excluding hydrogens is 1690 g/mol. The van der Waals surface area contributed by atoms with Gasteiger partial charge in [0.2, 0.25) is 74.6 Å². The maximum absolute atomic E-state index is 14.6. The van der Waals surface area contributed by atoms with Crippen molar-refractivity contribution in [3.63, 3.8) is 0 Å². The summed E-state index contributed by atoms with van der Waals surface area (Å²) in [6.07, 6.45) is 9.08. The Kier molecular flexibility index (Phi) is 36.0. The average molecular weight is 1820 g/mol. The molecule has 3 aliphatic heterocycles. The lowest BCUT2D eigenvalue weighted by Gasteiger charge is -2.50. The molecule has 1 saturated heterocycles. The number of carbonyl (C=O) groups excluding carboxylic acids is 9. The van der Waals surface area contributed by atoms with Crippen molar-refractivity contribution in [2.45, 2.75) is 207 Å². The van der Waals surface area contributed by atoms with E-state index in [0.717, 1.165) is 49.9 Å². The summed E-state index contributed by atoms with van der Waals surface area (Å²) in [5, 5.41) is 86.4. The van der Waals surface area contributed by atoms with Gasteiger partial charge >= 0.3 is 5.97 Å². The highest BCUT2D eigenvalue weighted by molar-refractivity contribution is 7.89. The van der Waals surface area contributed by atoms with Crippen LogP contribution >= 0.6 is 0 Å². The molecular formula is C92H126N12O22S2+2. The lowest BCUT2D eigenvalue weighted by Crippen LogP contribution is -2.65. The first-order chi connectivity index (χ1) is 60.1. The quantitative estimate of drug-likeness (QED) is 0.0113. The van der Waals surface area contributed by atoms with Crippen LogP contribution in [0.2, 0.25) is 0 Å². The van der Waals surface area contributed by atoms with Crippen molar-refractivity contribution in [1.82, 2.24) is 52.6 Å². The second kappa shape index (κ2) is 45.0.